The van der Waals surface area contributed by atoms with Crippen molar-refractivity contribution in [2.24, 2.45) is 0 Å². The second-order valence-electron chi connectivity index (χ2n) is 5.97. The van der Waals surface area contributed by atoms with Gasteiger partial charge in [-0.25, -0.2) is 4.79 Å². The van der Waals surface area contributed by atoms with Gasteiger partial charge >= 0.3 is 5.97 Å². The van der Waals surface area contributed by atoms with Crippen LogP contribution in [-0.4, -0.2) is 43.8 Å². The first-order valence-corrected chi connectivity index (χ1v) is 8.65. The number of benzene rings is 2. The van der Waals surface area contributed by atoms with Crippen molar-refractivity contribution in [3.63, 3.8) is 0 Å². The van der Waals surface area contributed by atoms with Crippen LogP contribution in [0, 0.1) is 10.1 Å². The second-order valence-corrected chi connectivity index (χ2v) is 5.97. The third kappa shape index (κ3) is 4.92. The van der Waals surface area contributed by atoms with E-state index in [-0.39, 0.29) is 17.9 Å². The molecule has 1 aliphatic heterocycles. The number of morpholine rings is 1. The lowest BCUT2D eigenvalue weighted by Gasteiger charge is -2.30. The predicted octanol–water partition coefficient (Wildman–Crippen LogP) is 3.30. The molecular weight excluding hydrogens is 348 g/mol. The Morgan fingerprint density at radius 1 is 1.19 bits per heavy atom. The quantitative estimate of drug-likeness (QED) is 0.442. The van der Waals surface area contributed by atoms with Crippen molar-refractivity contribution in [3.05, 3.63) is 75.8 Å². The van der Waals surface area contributed by atoms with Crippen LogP contribution in [0.3, 0.4) is 0 Å². The van der Waals surface area contributed by atoms with Gasteiger partial charge in [-0.15, -0.1) is 0 Å². The van der Waals surface area contributed by atoms with Gasteiger partial charge in [-0.05, 0) is 17.7 Å². The van der Waals surface area contributed by atoms with Crippen LogP contribution in [0.25, 0.3) is 6.08 Å². The summed E-state index contributed by atoms with van der Waals surface area (Å²) in [5.41, 5.74) is 1.68. The minimum absolute atomic E-state index is 0.0823. The minimum Gasteiger partial charge on any atom is -0.458 e. The Balaban J connectivity index is 1.73. The van der Waals surface area contributed by atoms with Crippen LogP contribution in [0.5, 0.6) is 0 Å². The van der Waals surface area contributed by atoms with Crippen molar-refractivity contribution in [2.45, 2.75) is 0 Å². The molecule has 0 unspecified atom stereocenters. The van der Waals surface area contributed by atoms with Gasteiger partial charge in [0.15, 0.2) is 0 Å². The molecule has 2 aromatic carbocycles. The zero-order valence-corrected chi connectivity index (χ0v) is 14.7. The lowest BCUT2D eigenvalue weighted by Crippen LogP contribution is -2.37. The molecule has 0 saturated carbocycles. The number of hydrogen-bond acceptors (Lipinski definition) is 6. The SMILES string of the molecule is O=C(OCC=Cc1ccccc1)c1cc([N+](=O)[O-])ccc1N1CCOCC1. The molecule has 0 aromatic heterocycles. The molecule has 0 atom stereocenters. The summed E-state index contributed by atoms with van der Waals surface area (Å²) >= 11 is 0. The van der Waals surface area contributed by atoms with Gasteiger partial charge in [0.25, 0.3) is 5.69 Å². The average molecular weight is 368 g/mol. The molecule has 3 rings (SSSR count). The van der Waals surface area contributed by atoms with Gasteiger partial charge in [-0.2, -0.15) is 0 Å². The maximum Gasteiger partial charge on any atom is 0.340 e. The fourth-order valence-electron chi connectivity index (χ4n) is 2.83. The van der Waals surface area contributed by atoms with Crippen LogP contribution in [0.1, 0.15) is 15.9 Å². The van der Waals surface area contributed by atoms with E-state index in [2.05, 4.69) is 0 Å². The van der Waals surface area contributed by atoms with E-state index in [0.29, 0.717) is 32.0 Å². The van der Waals surface area contributed by atoms with Crippen molar-refractivity contribution in [2.75, 3.05) is 37.8 Å². The molecule has 0 spiro atoms. The highest BCUT2D eigenvalue weighted by Crippen LogP contribution is 2.27. The molecule has 1 aliphatic rings. The van der Waals surface area contributed by atoms with Gasteiger partial charge in [0.2, 0.25) is 0 Å². The number of ether oxygens (including phenoxy) is 2. The molecule has 0 radical (unpaired) electrons. The summed E-state index contributed by atoms with van der Waals surface area (Å²) in [7, 11) is 0. The van der Waals surface area contributed by atoms with Gasteiger partial charge in [-0.3, -0.25) is 10.1 Å². The van der Waals surface area contributed by atoms with Crippen LogP contribution in [0.4, 0.5) is 11.4 Å². The summed E-state index contributed by atoms with van der Waals surface area (Å²) in [5.74, 6) is -0.585. The topological polar surface area (TPSA) is 81.9 Å². The summed E-state index contributed by atoms with van der Waals surface area (Å²) in [6.45, 7) is 2.41. The summed E-state index contributed by atoms with van der Waals surface area (Å²) in [6, 6.07) is 13.9. The zero-order valence-electron chi connectivity index (χ0n) is 14.7. The number of rotatable bonds is 6. The molecular formula is C20H20N2O5. The highest BCUT2D eigenvalue weighted by atomic mass is 16.6. The first-order valence-electron chi connectivity index (χ1n) is 8.65. The van der Waals surface area contributed by atoms with Crippen LogP contribution in [-0.2, 0) is 9.47 Å². The molecule has 7 nitrogen and oxygen atoms in total. The molecule has 2 aromatic rings. The van der Waals surface area contributed by atoms with Crippen LogP contribution < -0.4 is 4.90 Å². The Hall–Kier alpha value is -3.19. The molecule has 1 saturated heterocycles. The predicted molar refractivity (Wildman–Crippen MR) is 102 cm³/mol. The van der Waals surface area contributed by atoms with Crippen molar-refractivity contribution >= 4 is 23.4 Å². The van der Waals surface area contributed by atoms with E-state index in [1.165, 1.54) is 12.1 Å². The summed E-state index contributed by atoms with van der Waals surface area (Å²) in [6.07, 6.45) is 3.59. The number of nitro benzene ring substituents is 1. The molecule has 140 valence electrons. The number of nitrogens with zero attached hydrogens (tertiary/aromatic N) is 2. The number of non-ortho nitro benzene ring substituents is 1. The van der Waals surface area contributed by atoms with E-state index in [1.54, 1.807) is 12.1 Å². The molecule has 7 heteroatoms. The Morgan fingerprint density at radius 2 is 1.93 bits per heavy atom. The zero-order chi connectivity index (χ0) is 19.1. The van der Waals surface area contributed by atoms with Crippen molar-refractivity contribution in [3.8, 4) is 0 Å². The third-order valence-electron chi connectivity index (χ3n) is 4.18. The smallest absolute Gasteiger partial charge is 0.340 e. The first-order chi connectivity index (χ1) is 13.1. The highest BCUT2D eigenvalue weighted by molar-refractivity contribution is 5.96. The Kier molecular flexibility index (Phi) is 6.17. The Bertz CT molecular complexity index is 830. The van der Waals surface area contributed by atoms with Gasteiger partial charge in [0.05, 0.1) is 29.4 Å². The fourth-order valence-corrected chi connectivity index (χ4v) is 2.83. The van der Waals surface area contributed by atoms with Gasteiger partial charge in [0, 0.05) is 25.2 Å². The largest absolute Gasteiger partial charge is 0.458 e. The Morgan fingerprint density at radius 3 is 2.63 bits per heavy atom. The number of carbonyl (C=O) groups excluding carboxylic acids is 1. The van der Waals surface area contributed by atoms with Crippen LogP contribution in [0.2, 0.25) is 0 Å². The highest BCUT2D eigenvalue weighted by Gasteiger charge is 2.22. The molecule has 0 bridgehead atoms. The first kappa shape index (κ1) is 18.6. The number of carbonyl (C=O) groups is 1. The van der Waals surface area contributed by atoms with Crippen molar-refractivity contribution in [1.29, 1.82) is 0 Å². The maximum absolute atomic E-state index is 12.6. The van der Waals surface area contributed by atoms with E-state index < -0.39 is 10.9 Å². The number of esters is 1. The van der Waals surface area contributed by atoms with Crippen molar-refractivity contribution in [1.82, 2.24) is 0 Å². The average Bonchev–Trinajstić information content (AvgIpc) is 2.72. The lowest BCUT2D eigenvalue weighted by atomic mass is 10.1. The van der Waals surface area contributed by atoms with Gasteiger partial charge in [-0.1, -0.05) is 36.4 Å². The summed E-state index contributed by atoms with van der Waals surface area (Å²) < 4.78 is 10.6. The van der Waals surface area contributed by atoms with E-state index in [4.69, 9.17) is 9.47 Å². The normalized spacial score (nSPS) is 14.3. The number of hydrogen-bond donors (Lipinski definition) is 0. The van der Waals surface area contributed by atoms with Crippen molar-refractivity contribution < 1.29 is 19.2 Å². The van der Waals surface area contributed by atoms with E-state index in [9.17, 15) is 14.9 Å². The second kappa shape index (κ2) is 8.95. The fraction of sp³-hybridized carbons (Fsp3) is 0.250. The van der Waals surface area contributed by atoms with E-state index in [0.717, 1.165) is 5.56 Å². The third-order valence-corrected chi connectivity index (χ3v) is 4.18. The summed E-state index contributed by atoms with van der Waals surface area (Å²) in [5, 5.41) is 11.1. The molecule has 1 heterocycles. The van der Waals surface area contributed by atoms with Crippen LogP contribution in [0.15, 0.2) is 54.6 Å². The standard InChI is InChI=1S/C20H20N2O5/c23-20(27-12-4-7-16-5-2-1-3-6-16)18-15-17(22(24)25)8-9-19(18)21-10-13-26-14-11-21/h1-9,15H,10-14H2. The molecule has 1 fully saturated rings. The molecule has 27 heavy (non-hydrogen) atoms. The minimum atomic E-state index is -0.585. The lowest BCUT2D eigenvalue weighted by molar-refractivity contribution is -0.384. The summed E-state index contributed by atoms with van der Waals surface area (Å²) in [4.78, 5) is 25.1. The molecule has 0 N–H and O–H groups in total. The Labute approximate surface area is 157 Å². The van der Waals surface area contributed by atoms with Gasteiger partial charge in [0.1, 0.15) is 6.61 Å². The maximum atomic E-state index is 12.6. The van der Waals surface area contributed by atoms with Crippen LogP contribution >= 0.6 is 0 Å². The van der Waals surface area contributed by atoms with E-state index >= 15 is 0 Å². The van der Waals surface area contributed by atoms with E-state index in [1.807, 2.05) is 41.3 Å². The molecule has 0 aliphatic carbocycles. The molecule has 0 amide bonds. The number of nitro groups is 1. The number of anilines is 1. The monoisotopic (exact) mass is 368 g/mol. The van der Waals surface area contributed by atoms with Gasteiger partial charge < -0.3 is 14.4 Å².